The molecule has 2 aromatic rings. The third-order valence-electron chi connectivity index (χ3n) is 10.9. The minimum Gasteiger partial charge on any atom is -0.541 e. The fraction of sp³-hybridized carbons (Fsp3) is 0.514. The number of phenols is 2. The molecular formula is C37H46B2Cl2N7O13S+. The molecule has 4 aliphatic rings. The van der Waals surface area contributed by atoms with Crippen molar-refractivity contribution in [2.75, 3.05) is 44.6 Å². The van der Waals surface area contributed by atoms with Crippen LogP contribution in [0.5, 0.6) is 11.5 Å². The summed E-state index contributed by atoms with van der Waals surface area (Å²) in [5.74, 6) is -5.16. The van der Waals surface area contributed by atoms with E-state index in [9.17, 15) is 39.0 Å². The number of hydrogen-bond donors (Lipinski definition) is 4. The summed E-state index contributed by atoms with van der Waals surface area (Å²) in [6.45, 7) is 10.4. The molecule has 0 aliphatic carbocycles. The summed E-state index contributed by atoms with van der Waals surface area (Å²) in [5, 5.41) is 28.6. The monoisotopic (exact) mass is 920 g/mol. The maximum atomic E-state index is 14.1. The number of thiazole rings is 1. The van der Waals surface area contributed by atoms with Gasteiger partial charge in [0.15, 0.2) is 34.6 Å². The summed E-state index contributed by atoms with van der Waals surface area (Å²) < 4.78 is 21.8. The number of aromatic nitrogens is 1. The van der Waals surface area contributed by atoms with Gasteiger partial charge in [0.1, 0.15) is 33.9 Å². The van der Waals surface area contributed by atoms with Crippen molar-refractivity contribution in [2.45, 2.75) is 77.5 Å². The summed E-state index contributed by atoms with van der Waals surface area (Å²) >= 11 is 13.5. The van der Waals surface area contributed by atoms with Crippen molar-refractivity contribution in [1.82, 2.24) is 20.1 Å². The molecular weight excluding hydrogens is 875 g/mol. The van der Waals surface area contributed by atoms with E-state index in [1.165, 1.54) is 20.2 Å². The first-order chi connectivity index (χ1) is 29.2. The van der Waals surface area contributed by atoms with E-state index in [1.54, 1.807) is 39.5 Å². The number of hydrogen-bond acceptors (Lipinski definition) is 16. The molecule has 1 aromatic heterocycles. The number of nitrogens with one attached hydrogen (secondary N) is 2. The number of β-lactam (4-membered cyclic amide) rings is 1. The second-order valence-corrected chi connectivity index (χ2v) is 18.5. The molecule has 6 rings (SSSR count). The van der Waals surface area contributed by atoms with E-state index in [4.69, 9.17) is 46.8 Å². The molecule has 332 valence electrons. The van der Waals surface area contributed by atoms with E-state index < -0.39 is 82.9 Å². The Labute approximate surface area is 371 Å². The van der Waals surface area contributed by atoms with Crippen LogP contribution in [0.3, 0.4) is 0 Å². The molecule has 62 heavy (non-hydrogen) atoms. The van der Waals surface area contributed by atoms with Crippen LogP contribution in [0.25, 0.3) is 0 Å². The van der Waals surface area contributed by atoms with Crippen molar-refractivity contribution in [1.29, 1.82) is 0 Å². The first-order valence-corrected chi connectivity index (χ1v) is 21.2. The number of halogens is 2. The fourth-order valence-corrected chi connectivity index (χ4v) is 9.18. The van der Waals surface area contributed by atoms with Gasteiger partial charge in [-0.2, -0.15) is 0 Å². The average Bonchev–Trinajstić information content (AvgIpc) is 3.80. The lowest BCUT2D eigenvalue weighted by molar-refractivity contribution is -0.939. The van der Waals surface area contributed by atoms with Gasteiger partial charge < -0.3 is 48.5 Å². The average molecular weight is 921 g/mol. The molecule has 0 bridgehead atoms. The second kappa shape index (κ2) is 18.3. The van der Waals surface area contributed by atoms with Crippen LogP contribution in [-0.4, -0.2) is 156 Å². The van der Waals surface area contributed by atoms with Crippen molar-refractivity contribution in [3.63, 3.8) is 0 Å². The second-order valence-electron chi connectivity index (χ2n) is 16.5. The highest BCUT2D eigenvalue weighted by molar-refractivity contribution is 7.20. The highest BCUT2D eigenvalue weighted by Gasteiger charge is 2.57. The molecule has 3 saturated heterocycles. The van der Waals surface area contributed by atoms with Crippen LogP contribution >= 0.6 is 34.5 Å². The van der Waals surface area contributed by atoms with Gasteiger partial charge >= 0.3 is 34.1 Å². The van der Waals surface area contributed by atoms with Crippen molar-refractivity contribution >= 4 is 97.2 Å². The van der Waals surface area contributed by atoms with Crippen LogP contribution in [0.1, 0.15) is 63.5 Å². The Morgan fingerprint density at radius 1 is 1.13 bits per heavy atom. The molecule has 4 amide bonds. The molecule has 5 heterocycles. The van der Waals surface area contributed by atoms with Crippen LogP contribution in [0, 0.1) is 5.92 Å². The highest BCUT2D eigenvalue weighted by Crippen LogP contribution is 2.40. The number of phenolic OH excluding ortho intramolecular Hbond substituents is 2. The van der Waals surface area contributed by atoms with Crippen LogP contribution in [0.4, 0.5) is 9.93 Å². The molecule has 0 spiro atoms. The number of ether oxygens (including phenoxy) is 2. The fourth-order valence-electron chi connectivity index (χ4n) is 7.91. The minimum atomic E-state index is -1.33. The van der Waals surface area contributed by atoms with Gasteiger partial charge in [0.25, 0.3) is 17.7 Å². The number of rotatable bonds is 12. The van der Waals surface area contributed by atoms with Crippen molar-refractivity contribution in [3.05, 3.63) is 44.0 Å². The number of aromatic hydroxyl groups is 2. The number of fused-ring (bicyclic) bond motifs is 2. The molecule has 25 heteroatoms. The summed E-state index contributed by atoms with van der Waals surface area (Å²) in [4.78, 5) is 92.6. The number of carbonyl (C=O) groups excluding carboxylic acids is 6. The summed E-state index contributed by atoms with van der Waals surface area (Å²) in [5.41, 5.74) is -1.10. The molecule has 20 nitrogen and oxygen atoms in total. The zero-order chi connectivity index (χ0) is 45.4. The quantitative estimate of drug-likeness (QED) is 0.0585. The van der Waals surface area contributed by atoms with Gasteiger partial charge in [0.2, 0.25) is 6.10 Å². The maximum Gasteiger partial charge on any atom is 0.413 e. The van der Waals surface area contributed by atoms with Crippen LogP contribution in [-0.2, 0) is 42.8 Å². The summed E-state index contributed by atoms with van der Waals surface area (Å²) in [6, 6.07) is 1.18. The molecule has 1 aromatic carbocycles. The SMILES string of the molecule is BOC(=O)C1=C(C[N+]23CCC[C@H]2CN(C(=O)c2ccc(O)c(O)c2Cl)CC3)CO[C@@H]2[C@H](NC(=O)/C(=N\O[C@H](C(=O)OB)C(C)C)c3nc(NC(=O)OC(C)(C)C)sc3Cl)C(=O)N12. The van der Waals surface area contributed by atoms with Gasteiger partial charge in [0, 0.05) is 24.3 Å². The van der Waals surface area contributed by atoms with Crippen molar-refractivity contribution < 1.29 is 67.1 Å². The first kappa shape index (κ1) is 46.4. The van der Waals surface area contributed by atoms with Crippen LogP contribution in [0.15, 0.2) is 28.6 Å². The minimum absolute atomic E-state index is 0.0160. The van der Waals surface area contributed by atoms with E-state index in [0.717, 1.165) is 43.7 Å². The Bertz CT molecular complexity index is 2240. The van der Waals surface area contributed by atoms with E-state index >= 15 is 0 Å². The zero-order valence-corrected chi connectivity index (χ0v) is 37.3. The Hall–Kier alpha value is -5.09. The molecule has 4 aliphatic heterocycles. The molecule has 1 unspecified atom stereocenters. The topological polar surface area (TPSA) is 245 Å². The third-order valence-corrected chi connectivity index (χ3v) is 12.5. The smallest absolute Gasteiger partial charge is 0.413 e. The predicted molar refractivity (Wildman–Crippen MR) is 227 cm³/mol. The van der Waals surface area contributed by atoms with Crippen LogP contribution < -0.4 is 10.6 Å². The van der Waals surface area contributed by atoms with Gasteiger partial charge in [-0.3, -0.25) is 24.6 Å². The van der Waals surface area contributed by atoms with Gasteiger partial charge in [-0.1, -0.05) is 53.5 Å². The van der Waals surface area contributed by atoms with Gasteiger partial charge in [0.05, 0.1) is 43.4 Å². The predicted octanol–water partition coefficient (Wildman–Crippen LogP) is 1.21. The van der Waals surface area contributed by atoms with E-state index in [2.05, 4.69) is 20.8 Å². The van der Waals surface area contributed by atoms with Gasteiger partial charge in [-0.15, -0.1) is 0 Å². The van der Waals surface area contributed by atoms with Crippen LogP contribution in [0.2, 0.25) is 9.36 Å². The van der Waals surface area contributed by atoms with Gasteiger partial charge in [-0.05, 0) is 32.9 Å². The summed E-state index contributed by atoms with van der Waals surface area (Å²) in [7, 11) is 2.35. The molecule has 3 fully saturated rings. The number of piperazine rings is 1. The van der Waals surface area contributed by atoms with Crippen molar-refractivity contribution in [3.8, 4) is 11.5 Å². The Kier molecular flexibility index (Phi) is 13.7. The number of quaternary nitrogens is 1. The van der Waals surface area contributed by atoms with E-state index in [0.29, 0.717) is 36.2 Å². The van der Waals surface area contributed by atoms with E-state index in [-0.39, 0.29) is 44.1 Å². The molecule has 5 atom stereocenters. The van der Waals surface area contributed by atoms with Gasteiger partial charge in [-0.25, -0.2) is 19.4 Å². The number of benzene rings is 1. The molecule has 4 N–H and O–H groups in total. The third kappa shape index (κ3) is 9.31. The Morgan fingerprint density at radius 2 is 1.85 bits per heavy atom. The largest absolute Gasteiger partial charge is 0.541 e. The number of oxime groups is 1. The molecule has 0 saturated carbocycles. The standard InChI is InChI=1S/C37H45B2Cl2N7O13S/c1-16(2)27(34(55)60-39)61-45-23(22-28(41)62-35(43-22)44-36(56)58-37(3,4)5)29(51)42-24-31(53)47-25(33(54)59-38)17(15-57-32(24)47)14-48-11-6-7-18(48)13-46(10-12-48)30(52)19-8-9-20(49)26(50)21(19)40/h8-9,16,18,24,27,32H,6-7,10-15,38-39H2,1-5H3,(H3-,42,43,44,45,49,50,51,52,56)/p+1/t18-,24+,27-,32+,48?/m0/s1. The maximum absolute atomic E-state index is 14.1. The van der Waals surface area contributed by atoms with Crippen molar-refractivity contribution in [2.24, 2.45) is 11.1 Å². The Balaban J connectivity index is 1.22. The number of nitrogens with zero attached hydrogens (tertiary/aromatic N) is 5. The van der Waals surface area contributed by atoms with E-state index in [1.807, 2.05) is 0 Å². The number of carbonyl (C=O) groups is 6. The highest BCUT2D eigenvalue weighted by atomic mass is 35.5. The normalized spacial score (nSPS) is 22.9. The Morgan fingerprint density at radius 3 is 2.52 bits per heavy atom. The summed E-state index contributed by atoms with van der Waals surface area (Å²) in [6.07, 6.45) is -1.64. The number of amides is 4. The number of anilines is 1. The lowest BCUT2D eigenvalue weighted by Gasteiger charge is -2.51. The first-order valence-electron chi connectivity index (χ1n) is 19.6. The zero-order valence-electron chi connectivity index (χ0n) is 35.0. The lowest BCUT2D eigenvalue weighted by Crippen LogP contribution is -2.74. The molecule has 0 radical (unpaired) electrons. The lowest BCUT2D eigenvalue weighted by atomic mass is 9.96.